The Morgan fingerprint density at radius 2 is 1.00 bits per heavy atom. The molecule has 10 rings (SSSR count). The first kappa shape index (κ1) is 37.7. The van der Waals surface area contributed by atoms with Gasteiger partial charge in [0.1, 0.15) is 0 Å². The van der Waals surface area contributed by atoms with E-state index in [4.69, 9.17) is 0 Å². The monoisotopic (exact) mass is 832 g/mol. The molecule has 0 saturated heterocycles. The van der Waals surface area contributed by atoms with E-state index >= 15 is 0 Å². The highest BCUT2D eigenvalue weighted by Crippen LogP contribution is 2.51. The fourth-order valence-electron chi connectivity index (χ4n) is 9.92. The molecular weight excluding hydrogens is 776 g/mol. The van der Waals surface area contributed by atoms with Crippen LogP contribution in [0.3, 0.4) is 0 Å². The molecule has 0 unspecified atom stereocenters. The third kappa shape index (κ3) is 7.94. The lowest BCUT2D eigenvalue weighted by atomic mass is 9.61. The fourth-order valence-corrected chi connectivity index (χ4v) is 11.1. The number of nitrogens with one attached hydrogen (secondary N) is 2. The lowest BCUT2D eigenvalue weighted by molar-refractivity contribution is 0.0597. The Kier molecular flexibility index (Phi) is 11.9. The average molecular weight is 835 g/mol. The van der Waals surface area contributed by atoms with Crippen molar-refractivity contribution in [2.75, 3.05) is 13.1 Å². The second-order valence-corrected chi connectivity index (χ2v) is 18.5. The van der Waals surface area contributed by atoms with Crippen LogP contribution in [0.15, 0.2) is 57.7 Å². The van der Waals surface area contributed by atoms with E-state index in [1.54, 1.807) is 0 Å². The van der Waals surface area contributed by atoms with Gasteiger partial charge < -0.3 is 19.8 Å². The lowest BCUT2D eigenvalue weighted by Crippen LogP contribution is -2.43. The van der Waals surface area contributed by atoms with Crippen molar-refractivity contribution >= 4 is 65.5 Å². The molecular formula is C44H58Br2N4O2. The van der Waals surface area contributed by atoms with E-state index in [2.05, 4.69) is 102 Å². The minimum atomic E-state index is 0.0826. The maximum absolute atomic E-state index is 13.1. The number of carbonyl (C=O) groups is 2. The predicted octanol–water partition coefficient (Wildman–Crippen LogP) is 11.8. The molecule has 0 atom stereocenters. The van der Waals surface area contributed by atoms with Crippen LogP contribution in [0, 0.1) is 22.7 Å². The molecule has 6 nitrogen and oxygen atoms in total. The van der Waals surface area contributed by atoms with Crippen molar-refractivity contribution in [2.45, 2.75) is 130 Å². The van der Waals surface area contributed by atoms with Crippen molar-refractivity contribution in [3.05, 3.63) is 68.9 Å². The van der Waals surface area contributed by atoms with Crippen molar-refractivity contribution in [3.63, 3.8) is 0 Å². The molecule has 8 heteroatoms. The Hall–Kier alpha value is -2.58. The minimum absolute atomic E-state index is 0.0826. The van der Waals surface area contributed by atoms with Crippen LogP contribution >= 0.6 is 31.9 Å². The highest BCUT2D eigenvalue weighted by atomic mass is 79.9. The van der Waals surface area contributed by atoms with Crippen LogP contribution in [0.2, 0.25) is 0 Å². The first-order valence-corrected chi connectivity index (χ1v) is 21.9. The quantitative estimate of drug-likeness (QED) is 0.149. The van der Waals surface area contributed by atoms with Crippen LogP contribution in [-0.2, 0) is 13.1 Å². The van der Waals surface area contributed by atoms with Gasteiger partial charge in [0.25, 0.3) is 11.8 Å². The van der Waals surface area contributed by atoms with E-state index in [0.717, 1.165) is 106 Å². The third-order valence-electron chi connectivity index (χ3n) is 13.5. The number of unbranched alkanes of at least 4 members (excludes halogenated alkanes) is 2. The normalized spacial score (nSPS) is 24.9. The second-order valence-electron chi connectivity index (χ2n) is 16.8. The SMILES string of the molecule is CCCCn1cc(C(=O)NCC23CCC(CC2)CC3)c2c(Br)cccc21.CCCCn1cc(C(=O)NCC23CCC(CC2)CC3)c2c(Br)cccc21. The van der Waals surface area contributed by atoms with Gasteiger partial charge in [0.05, 0.1) is 11.1 Å². The van der Waals surface area contributed by atoms with Gasteiger partial charge in [-0.15, -0.1) is 0 Å². The van der Waals surface area contributed by atoms with Gasteiger partial charge in [-0.2, -0.15) is 0 Å². The zero-order valence-corrected chi connectivity index (χ0v) is 34.6. The molecule has 2 aromatic carbocycles. The zero-order chi connectivity index (χ0) is 36.3. The Morgan fingerprint density at radius 3 is 1.35 bits per heavy atom. The van der Waals surface area contributed by atoms with Gasteiger partial charge in [-0.25, -0.2) is 0 Å². The first-order valence-electron chi connectivity index (χ1n) is 20.3. The number of amides is 2. The van der Waals surface area contributed by atoms with Gasteiger partial charge in [0.2, 0.25) is 0 Å². The maximum Gasteiger partial charge on any atom is 0.253 e. The minimum Gasteiger partial charge on any atom is -0.351 e. The fraction of sp³-hybridized carbons (Fsp3) is 0.591. The summed E-state index contributed by atoms with van der Waals surface area (Å²) in [6.45, 7) is 8.00. The maximum atomic E-state index is 13.1. The first-order chi connectivity index (χ1) is 25.2. The van der Waals surface area contributed by atoms with Crippen LogP contribution in [0.1, 0.15) is 137 Å². The number of benzene rings is 2. The van der Waals surface area contributed by atoms with E-state index in [9.17, 15) is 9.59 Å². The topological polar surface area (TPSA) is 68.1 Å². The van der Waals surface area contributed by atoms with Gasteiger partial charge in [-0.05, 0) is 137 Å². The molecule has 6 aliphatic carbocycles. The van der Waals surface area contributed by atoms with E-state index in [-0.39, 0.29) is 11.8 Å². The summed E-state index contributed by atoms with van der Waals surface area (Å²) < 4.78 is 6.49. The summed E-state index contributed by atoms with van der Waals surface area (Å²) in [5.41, 5.74) is 4.64. The van der Waals surface area contributed by atoms with Gasteiger partial charge in [-0.1, -0.05) is 70.7 Å². The summed E-state index contributed by atoms with van der Waals surface area (Å²) in [7, 11) is 0. The molecule has 6 fully saturated rings. The van der Waals surface area contributed by atoms with E-state index in [0.29, 0.717) is 10.8 Å². The number of aromatic nitrogens is 2. The van der Waals surface area contributed by atoms with Gasteiger partial charge in [0, 0.05) is 69.3 Å². The molecule has 2 heterocycles. The molecule has 6 saturated carbocycles. The van der Waals surface area contributed by atoms with Gasteiger partial charge in [0.15, 0.2) is 0 Å². The molecule has 2 amide bonds. The van der Waals surface area contributed by atoms with Crippen LogP contribution < -0.4 is 10.6 Å². The van der Waals surface area contributed by atoms with E-state index in [1.807, 2.05) is 12.1 Å². The Bertz CT molecular complexity index is 1710. The van der Waals surface area contributed by atoms with Crippen LogP contribution in [0.5, 0.6) is 0 Å². The summed E-state index contributed by atoms with van der Waals surface area (Å²) >= 11 is 7.33. The Morgan fingerprint density at radius 1 is 0.635 bits per heavy atom. The Labute approximate surface area is 327 Å². The van der Waals surface area contributed by atoms with Crippen molar-refractivity contribution < 1.29 is 9.59 Å². The van der Waals surface area contributed by atoms with Crippen LogP contribution in [-0.4, -0.2) is 34.0 Å². The van der Waals surface area contributed by atoms with Crippen molar-refractivity contribution in [1.82, 2.24) is 19.8 Å². The molecule has 2 aromatic heterocycles. The summed E-state index contributed by atoms with van der Waals surface area (Å²) in [6, 6.07) is 12.4. The molecule has 4 aromatic rings. The highest BCUT2D eigenvalue weighted by Gasteiger charge is 2.41. The molecule has 2 N–H and O–H groups in total. The molecule has 280 valence electrons. The van der Waals surface area contributed by atoms with Crippen LogP contribution in [0.4, 0.5) is 0 Å². The summed E-state index contributed by atoms with van der Waals surface area (Å²) in [5, 5.41) is 8.70. The van der Waals surface area contributed by atoms with E-state index in [1.165, 1.54) is 77.0 Å². The lowest BCUT2D eigenvalue weighted by Gasteiger charge is -2.46. The number of nitrogens with zero attached hydrogens (tertiary/aromatic N) is 2. The van der Waals surface area contributed by atoms with Crippen molar-refractivity contribution in [3.8, 4) is 0 Å². The number of fused-ring (bicyclic) bond motifs is 8. The molecule has 0 aliphatic heterocycles. The van der Waals surface area contributed by atoms with E-state index < -0.39 is 0 Å². The zero-order valence-electron chi connectivity index (χ0n) is 31.4. The predicted molar refractivity (Wildman–Crippen MR) is 221 cm³/mol. The molecule has 6 aliphatic rings. The summed E-state index contributed by atoms with van der Waals surface area (Å²) in [6.07, 6.45) is 24.6. The van der Waals surface area contributed by atoms with Crippen molar-refractivity contribution in [2.24, 2.45) is 22.7 Å². The van der Waals surface area contributed by atoms with Crippen molar-refractivity contribution in [1.29, 1.82) is 0 Å². The standard InChI is InChI=1S/2C22H29BrN2O/c2*1-2-3-13-25-14-17(20-18(23)5-4-6-19(20)25)21(26)24-15-22-10-7-16(8-11-22)9-12-22/h2*4-6,14,16H,2-3,7-13,15H2,1H3,(H,24,26). The average Bonchev–Trinajstić information content (AvgIpc) is 3.76. The van der Waals surface area contributed by atoms with Gasteiger partial charge in [-0.3, -0.25) is 9.59 Å². The number of aryl methyl sites for hydroxylation is 2. The Balaban J connectivity index is 0.000000162. The second kappa shape index (κ2) is 16.4. The number of carbonyl (C=O) groups excluding carboxylic acids is 2. The largest absolute Gasteiger partial charge is 0.351 e. The molecule has 52 heavy (non-hydrogen) atoms. The van der Waals surface area contributed by atoms with Crippen LogP contribution in [0.25, 0.3) is 21.8 Å². The number of hydrogen-bond acceptors (Lipinski definition) is 2. The third-order valence-corrected chi connectivity index (χ3v) is 14.8. The number of halogens is 2. The van der Waals surface area contributed by atoms with Gasteiger partial charge >= 0.3 is 0 Å². The number of hydrogen-bond donors (Lipinski definition) is 2. The smallest absolute Gasteiger partial charge is 0.253 e. The summed E-state index contributed by atoms with van der Waals surface area (Å²) in [5.74, 6) is 2.08. The highest BCUT2D eigenvalue weighted by molar-refractivity contribution is 9.11. The summed E-state index contributed by atoms with van der Waals surface area (Å²) in [4.78, 5) is 26.1. The molecule has 4 bridgehead atoms. The molecule has 0 spiro atoms. The number of rotatable bonds is 12. The molecule has 0 radical (unpaired) electrons.